The van der Waals surface area contributed by atoms with Crippen LogP contribution in [0.3, 0.4) is 0 Å². The molecule has 5 nitrogen and oxygen atoms in total. The maximum absolute atomic E-state index is 13.7. The van der Waals surface area contributed by atoms with Gasteiger partial charge in [0.2, 0.25) is 15.9 Å². The van der Waals surface area contributed by atoms with Crippen LogP contribution in [0.1, 0.15) is 43.7 Å². The van der Waals surface area contributed by atoms with Crippen molar-refractivity contribution in [3.63, 3.8) is 0 Å². The maximum Gasteiger partial charge on any atom is 0.243 e. The average Bonchev–Trinajstić information content (AvgIpc) is 2.73. The van der Waals surface area contributed by atoms with Gasteiger partial charge in [0.1, 0.15) is 5.82 Å². The molecule has 0 spiro atoms. The van der Waals surface area contributed by atoms with Gasteiger partial charge in [-0.05, 0) is 42.5 Å². The Bertz CT molecular complexity index is 950. The molecule has 1 heterocycles. The molecule has 0 saturated carbocycles. The summed E-state index contributed by atoms with van der Waals surface area (Å²) in [6.45, 7) is 4.85. The fraction of sp³-hybridized carbons (Fsp3) is 0.409. The Balaban J connectivity index is 1.56. The van der Waals surface area contributed by atoms with Crippen molar-refractivity contribution < 1.29 is 17.6 Å². The summed E-state index contributed by atoms with van der Waals surface area (Å²) in [6.07, 6.45) is 0.902. The zero-order valence-electron chi connectivity index (χ0n) is 16.8. The van der Waals surface area contributed by atoms with Crippen molar-refractivity contribution >= 4 is 15.9 Å². The number of nitrogens with one attached hydrogen (secondary N) is 1. The average molecular weight is 419 g/mol. The van der Waals surface area contributed by atoms with Gasteiger partial charge in [-0.25, -0.2) is 12.8 Å². The summed E-state index contributed by atoms with van der Waals surface area (Å²) >= 11 is 0. The largest absolute Gasteiger partial charge is 0.352 e. The van der Waals surface area contributed by atoms with Crippen LogP contribution >= 0.6 is 0 Å². The quantitative estimate of drug-likeness (QED) is 0.778. The van der Waals surface area contributed by atoms with E-state index in [1.165, 1.54) is 10.4 Å². The second-order valence-electron chi connectivity index (χ2n) is 7.71. The zero-order chi connectivity index (χ0) is 21.0. The molecule has 7 heteroatoms. The van der Waals surface area contributed by atoms with Crippen LogP contribution in [0.5, 0.6) is 0 Å². The van der Waals surface area contributed by atoms with Crippen LogP contribution in [0.25, 0.3) is 0 Å². The Morgan fingerprint density at radius 3 is 2.31 bits per heavy atom. The molecule has 1 aliphatic rings. The fourth-order valence-electron chi connectivity index (χ4n) is 3.50. The van der Waals surface area contributed by atoms with Crippen molar-refractivity contribution in [2.45, 2.75) is 44.0 Å². The highest BCUT2D eigenvalue weighted by molar-refractivity contribution is 7.89. The Labute approximate surface area is 172 Å². The van der Waals surface area contributed by atoms with E-state index < -0.39 is 10.0 Å². The van der Waals surface area contributed by atoms with Gasteiger partial charge >= 0.3 is 0 Å². The molecule has 1 amide bonds. The van der Waals surface area contributed by atoms with Crippen LogP contribution in [0.4, 0.5) is 4.39 Å². The summed E-state index contributed by atoms with van der Waals surface area (Å²) in [4.78, 5) is 12.7. The van der Waals surface area contributed by atoms with Gasteiger partial charge in [-0.2, -0.15) is 4.31 Å². The summed E-state index contributed by atoms with van der Waals surface area (Å²) in [6, 6.07) is 13.3. The summed E-state index contributed by atoms with van der Waals surface area (Å²) in [5.74, 6) is -0.439. The van der Waals surface area contributed by atoms with Gasteiger partial charge in [-0.3, -0.25) is 4.79 Å². The second kappa shape index (κ2) is 9.05. The number of hydrogen-bond acceptors (Lipinski definition) is 3. The minimum Gasteiger partial charge on any atom is -0.352 e. The number of sulfonamides is 1. The lowest BCUT2D eigenvalue weighted by Crippen LogP contribution is -2.42. The van der Waals surface area contributed by atoms with Gasteiger partial charge in [-0.15, -0.1) is 0 Å². The molecule has 0 aromatic heterocycles. The van der Waals surface area contributed by atoms with Crippen LogP contribution in [0.2, 0.25) is 0 Å². The number of rotatable bonds is 6. The van der Waals surface area contributed by atoms with E-state index in [1.54, 1.807) is 30.3 Å². The van der Waals surface area contributed by atoms with Crippen molar-refractivity contribution in [3.8, 4) is 0 Å². The third kappa shape index (κ3) is 5.03. The predicted octanol–water partition coefficient (Wildman–Crippen LogP) is 3.67. The Hall–Kier alpha value is -2.25. The molecule has 1 saturated heterocycles. The van der Waals surface area contributed by atoms with Crippen LogP contribution in [-0.2, 0) is 21.4 Å². The van der Waals surface area contributed by atoms with Crippen molar-refractivity contribution in [2.75, 3.05) is 13.1 Å². The molecule has 3 rings (SSSR count). The van der Waals surface area contributed by atoms with E-state index in [9.17, 15) is 17.6 Å². The lowest BCUT2D eigenvalue weighted by Gasteiger charge is -2.30. The second-order valence-corrected chi connectivity index (χ2v) is 9.65. The predicted molar refractivity (Wildman–Crippen MR) is 110 cm³/mol. The topological polar surface area (TPSA) is 66.5 Å². The highest BCUT2D eigenvalue weighted by Gasteiger charge is 2.32. The van der Waals surface area contributed by atoms with Crippen molar-refractivity contribution in [1.82, 2.24) is 9.62 Å². The van der Waals surface area contributed by atoms with E-state index in [2.05, 4.69) is 19.2 Å². The lowest BCUT2D eigenvalue weighted by molar-refractivity contribution is -0.126. The highest BCUT2D eigenvalue weighted by atomic mass is 32.2. The number of carbonyl (C=O) groups is 1. The molecule has 0 aliphatic carbocycles. The molecule has 0 radical (unpaired) electrons. The first kappa shape index (κ1) is 21.5. The third-order valence-electron chi connectivity index (χ3n) is 5.42. The molecule has 0 atom stereocenters. The van der Waals surface area contributed by atoms with Gasteiger partial charge in [0.25, 0.3) is 0 Å². The monoisotopic (exact) mass is 418 g/mol. The molecule has 2 aromatic rings. The molecule has 2 aromatic carbocycles. The van der Waals surface area contributed by atoms with Crippen LogP contribution in [0, 0.1) is 11.7 Å². The first-order chi connectivity index (χ1) is 13.8. The van der Waals surface area contributed by atoms with E-state index in [4.69, 9.17) is 0 Å². The number of piperidine rings is 1. The SMILES string of the molecule is CC(C)c1ccc(S(=O)(=O)N2CCC(C(=O)NCc3ccccc3F)CC2)cc1. The van der Waals surface area contributed by atoms with E-state index in [0.717, 1.165) is 5.56 Å². The standard InChI is InChI=1S/C22H27FN2O3S/c1-16(2)17-7-9-20(10-8-17)29(27,28)25-13-11-18(12-14-25)22(26)24-15-19-5-3-4-6-21(19)23/h3-10,16,18H,11-15H2,1-2H3,(H,24,26). The number of amides is 1. The molecule has 0 unspecified atom stereocenters. The Kier molecular flexibility index (Phi) is 6.70. The maximum atomic E-state index is 13.7. The van der Waals surface area contributed by atoms with Crippen LogP contribution < -0.4 is 5.32 Å². The molecular formula is C22H27FN2O3S. The zero-order valence-corrected chi connectivity index (χ0v) is 17.6. The van der Waals surface area contributed by atoms with Gasteiger partial charge < -0.3 is 5.32 Å². The van der Waals surface area contributed by atoms with E-state index >= 15 is 0 Å². The summed E-state index contributed by atoms with van der Waals surface area (Å²) in [5, 5.41) is 2.76. The number of hydrogen-bond donors (Lipinski definition) is 1. The molecular weight excluding hydrogens is 391 g/mol. The number of carbonyl (C=O) groups excluding carboxylic acids is 1. The van der Waals surface area contributed by atoms with Gasteiger partial charge in [-0.1, -0.05) is 44.2 Å². The Morgan fingerprint density at radius 2 is 1.72 bits per heavy atom. The van der Waals surface area contributed by atoms with E-state index in [-0.39, 0.29) is 29.1 Å². The molecule has 29 heavy (non-hydrogen) atoms. The minimum atomic E-state index is -3.56. The normalized spacial score (nSPS) is 16.1. The Morgan fingerprint density at radius 1 is 1.10 bits per heavy atom. The molecule has 1 fully saturated rings. The van der Waals surface area contributed by atoms with Gasteiger partial charge in [0.05, 0.1) is 4.90 Å². The molecule has 0 bridgehead atoms. The van der Waals surface area contributed by atoms with Crippen LogP contribution in [0.15, 0.2) is 53.4 Å². The van der Waals surface area contributed by atoms with Crippen LogP contribution in [-0.4, -0.2) is 31.7 Å². The molecule has 1 aliphatic heterocycles. The molecule has 1 N–H and O–H groups in total. The first-order valence-electron chi connectivity index (χ1n) is 9.90. The number of halogens is 1. The highest BCUT2D eigenvalue weighted by Crippen LogP contribution is 2.25. The summed E-state index contributed by atoms with van der Waals surface area (Å²) in [7, 11) is -3.56. The lowest BCUT2D eigenvalue weighted by atomic mass is 9.97. The smallest absolute Gasteiger partial charge is 0.243 e. The summed E-state index contributed by atoms with van der Waals surface area (Å²) < 4.78 is 40.9. The number of nitrogens with zero attached hydrogens (tertiary/aromatic N) is 1. The fourth-order valence-corrected chi connectivity index (χ4v) is 4.97. The van der Waals surface area contributed by atoms with Gasteiger partial charge in [0, 0.05) is 31.1 Å². The van der Waals surface area contributed by atoms with Gasteiger partial charge in [0.15, 0.2) is 0 Å². The van der Waals surface area contributed by atoms with Crippen molar-refractivity contribution in [3.05, 3.63) is 65.5 Å². The number of benzene rings is 2. The van der Waals surface area contributed by atoms with Crippen molar-refractivity contribution in [1.29, 1.82) is 0 Å². The molecule has 156 valence electrons. The van der Waals surface area contributed by atoms with Crippen molar-refractivity contribution in [2.24, 2.45) is 5.92 Å². The minimum absolute atomic E-state index is 0.131. The van der Waals surface area contributed by atoms with E-state index in [0.29, 0.717) is 37.4 Å². The summed E-state index contributed by atoms with van der Waals surface area (Å²) in [5.41, 5.74) is 1.53. The third-order valence-corrected chi connectivity index (χ3v) is 7.33. The van der Waals surface area contributed by atoms with E-state index in [1.807, 2.05) is 12.1 Å². The first-order valence-corrected chi connectivity index (χ1v) is 11.3.